The summed E-state index contributed by atoms with van der Waals surface area (Å²) in [7, 11) is 4.60. The van der Waals surface area contributed by atoms with Gasteiger partial charge >= 0.3 is 0 Å². The van der Waals surface area contributed by atoms with Crippen LogP contribution in [-0.2, 0) is 0 Å². The van der Waals surface area contributed by atoms with Gasteiger partial charge < -0.3 is 29.0 Å². The number of hydrogen-bond acceptors (Lipinski definition) is 6. The number of aromatic nitrogens is 1. The van der Waals surface area contributed by atoms with Crippen LogP contribution in [0.5, 0.6) is 17.2 Å². The fourth-order valence-electron chi connectivity index (χ4n) is 3.89. The topological polar surface area (TPSA) is 84.1 Å². The van der Waals surface area contributed by atoms with Crippen molar-refractivity contribution >= 4 is 22.5 Å². The molecule has 0 radical (unpaired) electrons. The van der Waals surface area contributed by atoms with Crippen molar-refractivity contribution in [2.45, 2.75) is 0 Å². The fraction of sp³-hybridized carbons (Fsp3) is 0.304. The van der Waals surface area contributed by atoms with Gasteiger partial charge in [-0.15, -0.1) is 0 Å². The molecular formula is C23H25N3O5. The number of nitrogens with one attached hydrogen (secondary N) is 1. The standard InChI is InChI=1S/C23H25N3O5/c1-29-19-13-16(14-20(30-2)22(19)31-3)23(28)26-10-8-25(9-11-26)17-5-6-18-15(12-17)4-7-21(27)24-18/h4-7,12-14H,8-11H2,1-3H3,(H,24,27). The molecule has 1 fully saturated rings. The van der Waals surface area contributed by atoms with Gasteiger partial charge in [-0.25, -0.2) is 0 Å². The quantitative estimate of drug-likeness (QED) is 0.679. The molecule has 1 aliphatic heterocycles. The Labute approximate surface area is 179 Å². The van der Waals surface area contributed by atoms with Crippen LogP contribution in [0, 0.1) is 0 Å². The van der Waals surface area contributed by atoms with Crippen LogP contribution in [0.15, 0.2) is 47.3 Å². The number of benzene rings is 2. The lowest BCUT2D eigenvalue weighted by molar-refractivity contribution is 0.0746. The van der Waals surface area contributed by atoms with Gasteiger partial charge in [-0.2, -0.15) is 0 Å². The SMILES string of the molecule is COc1cc(C(=O)N2CCN(c3ccc4[nH]c(=O)ccc4c3)CC2)cc(OC)c1OC. The van der Waals surface area contributed by atoms with E-state index in [1.807, 2.05) is 23.1 Å². The highest BCUT2D eigenvalue weighted by Crippen LogP contribution is 2.38. The largest absolute Gasteiger partial charge is 0.493 e. The summed E-state index contributed by atoms with van der Waals surface area (Å²) in [4.78, 5) is 31.5. The molecule has 1 aliphatic rings. The second-order valence-electron chi connectivity index (χ2n) is 7.29. The Morgan fingerprint density at radius 2 is 1.55 bits per heavy atom. The van der Waals surface area contributed by atoms with Crippen LogP contribution in [0.4, 0.5) is 5.69 Å². The zero-order valence-corrected chi connectivity index (χ0v) is 17.8. The number of aromatic amines is 1. The van der Waals surface area contributed by atoms with Crippen LogP contribution < -0.4 is 24.7 Å². The summed E-state index contributed by atoms with van der Waals surface area (Å²) < 4.78 is 16.1. The Balaban J connectivity index is 1.49. The number of pyridine rings is 1. The summed E-state index contributed by atoms with van der Waals surface area (Å²) in [6, 6.07) is 12.7. The molecule has 1 saturated heterocycles. The molecule has 8 nitrogen and oxygen atoms in total. The molecule has 0 bridgehead atoms. The van der Waals surface area contributed by atoms with Gasteiger partial charge in [0, 0.05) is 54.4 Å². The first kappa shape index (κ1) is 20.6. The number of carbonyl (C=O) groups excluding carboxylic acids is 1. The number of methoxy groups -OCH3 is 3. The fourth-order valence-corrected chi connectivity index (χ4v) is 3.89. The molecule has 2 aromatic carbocycles. The average molecular weight is 423 g/mol. The zero-order valence-electron chi connectivity index (χ0n) is 17.8. The van der Waals surface area contributed by atoms with E-state index in [9.17, 15) is 9.59 Å². The monoisotopic (exact) mass is 423 g/mol. The Morgan fingerprint density at radius 1 is 0.871 bits per heavy atom. The van der Waals surface area contributed by atoms with Crippen LogP contribution in [0.3, 0.4) is 0 Å². The van der Waals surface area contributed by atoms with E-state index in [2.05, 4.69) is 16.0 Å². The molecule has 31 heavy (non-hydrogen) atoms. The van der Waals surface area contributed by atoms with Gasteiger partial charge in [0.05, 0.1) is 21.3 Å². The molecule has 162 valence electrons. The third kappa shape index (κ3) is 4.01. The molecule has 4 rings (SSSR count). The lowest BCUT2D eigenvalue weighted by Crippen LogP contribution is -2.48. The van der Waals surface area contributed by atoms with E-state index in [-0.39, 0.29) is 11.5 Å². The summed E-state index contributed by atoms with van der Waals surface area (Å²) in [5.41, 5.74) is 2.27. The number of nitrogens with zero attached hydrogens (tertiary/aromatic N) is 2. The molecule has 3 aromatic rings. The van der Waals surface area contributed by atoms with E-state index in [4.69, 9.17) is 14.2 Å². The van der Waals surface area contributed by atoms with Gasteiger partial charge in [-0.1, -0.05) is 0 Å². The Hall–Kier alpha value is -3.68. The number of carbonyl (C=O) groups is 1. The number of rotatable bonds is 5. The highest BCUT2D eigenvalue weighted by atomic mass is 16.5. The van der Waals surface area contributed by atoms with Crippen molar-refractivity contribution in [3.63, 3.8) is 0 Å². The molecule has 0 spiro atoms. The molecule has 8 heteroatoms. The minimum atomic E-state index is -0.112. The number of H-pyrrole nitrogens is 1. The minimum absolute atomic E-state index is 0.0741. The molecule has 0 unspecified atom stereocenters. The number of fused-ring (bicyclic) bond motifs is 1. The molecular weight excluding hydrogens is 398 g/mol. The molecule has 1 amide bonds. The predicted octanol–water partition coefficient (Wildman–Crippen LogP) is 2.52. The van der Waals surface area contributed by atoms with Crippen LogP contribution in [-0.4, -0.2) is 63.3 Å². The van der Waals surface area contributed by atoms with Gasteiger partial charge in [-0.05, 0) is 36.4 Å². The molecule has 1 N–H and O–H groups in total. The zero-order chi connectivity index (χ0) is 22.0. The first-order chi connectivity index (χ1) is 15.0. The van der Waals surface area contributed by atoms with Gasteiger partial charge in [0.25, 0.3) is 5.91 Å². The first-order valence-corrected chi connectivity index (χ1v) is 10.0. The lowest BCUT2D eigenvalue weighted by atomic mass is 10.1. The van der Waals surface area contributed by atoms with E-state index in [1.165, 1.54) is 27.4 Å². The second kappa shape index (κ2) is 8.59. The van der Waals surface area contributed by atoms with E-state index in [1.54, 1.807) is 12.1 Å². The van der Waals surface area contributed by atoms with E-state index in [0.29, 0.717) is 49.0 Å². The number of hydrogen-bond donors (Lipinski definition) is 1. The van der Waals surface area contributed by atoms with Crippen molar-refractivity contribution in [1.82, 2.24) is 9.88 Å². The maximum absolute atomic E-state index is 13.1. The highest BCUT2D eigenvalue weighted by Gasteiger charge is 2.25. The maximum Gasteiger partial charge on any atom is 0.254 e. The summed E-state index contributed by atoms with van der Waals surface area (Å²) in [5, 5.41) is 0.980. The van der Waals surface area contributed by atoms with Gasteiger partial charge in [0.15, 0.2) is 11.5 Å². The second-order valence-corrected chi connectivity index (χ2v) is 7.29. The number of anilines is 1. The van der Waals surface area contributed by atoms with Crippen molar-refractivity contribution in [2.75, 3.05) is 52.4 Å². The van der Waals surface area contributed by atoms with Crippen LogP contribution in [0.25, 0.3) is 10.9 Å². The lowest BCUT2D eigenvalue weighted by Gasteiger charge is -2.36. The van der Waals surface area contributed by atoms with E-state index < -0.39 is 0 Å². The molecule has 2 heterocycles. The average Bonchev–Trinajstić information content (AvgIpc) is 2.82. The normalized spacial score (nSPS) is 13.9. The number of amides is 1. The smallest absolute Gasteiger partial charge is 0.254 e. The van der Waals surface area contributed by atoms with Crippen molar-refractivity contribution < 1.29 is 19.0 Å². The number of ether oxygens (including phenoxy) is 3. The van der Waals surface area contributed by atoms with Crippen molar-refractivity contribution in [2.24, 2.45) is 0 Å². The van der Waals surface area contributed by atoms with Crippen molar-refractivity contribution in [3.05, 3.63) is 58.4 Å². The first-order valence-electron chi connectivity index (χ1n) is 10.0. The Morgan fingerprint density at radius 3 is 2.16 bits per heavy atom. The summed E-state index contributed by atoms with van der Waals surface area (Å²) in [5.74, 6) is 1.30. The van der Waals surface area contributed by atoms with Gasteiger partial charge in [0.2, 0.25) is 11.3 Å². The molecule has 1 aromatic heterocycles. The summed E-state index contributed by atoms with van der Waals surface area (Å²) in [6.45, 7) is 2.62. The Bertz CT molecular complexity index is 1140. The van der Waals surface area contributed by atoms with Gasteiger partial charge in [0.1, 0.15) is 0 Å². The van der Waals surface area contributed by atoms with Crippen molar-refractivity contribution in [3.8, 4) is 17.2 Å². The van der Waals surface area contributed by atoms with Crippen LogP contribution >= 0.6 is 0 Å². The summed E-state index contributed by atoms with van der Waals surface area (Å²) >= 11 is 0. The van der Waals surface area contributed by atoms with E-state index >= 15 is 0 Å². The third-order valence-electron chi connectivity index (χ3n) is 5.55. The highest BCUT2D eigenvalue weighted by molar-refractivity contribution is 5.96. The minimum Gasteiger partial charge on any atom is -0.493 e. The number of piperazine rings is 1. The van der Waals surface area contributed by atoms with Gasteiger partial charge in [-0.3, -0.25) is 9.59 Å². The summed E-state index contributed by atoms with van der Waals surface area (Å²) in [6.07, 6.45) is 0. The molecule has 0 atom stereocenters. The predicted molar refractivity (Wildman–Crippen MR) is 119 cm³/mol. The van der Waals surface area contributed by atoms with Crippen LogP contribution in [0.1, 0.15) is 10.4 Å². The van der Waals surface area contributed by atoms with Crippen molar-refractivity contribution in [1.29, 1.82) is 0 Å². The molecule has 0 aliphatic carbocycles. The van der Waals surface area contributed by atoms with E-state index in [0.717, 1.165) is 16.6 Å². The van der Waals surface area contributed by atoms with Crippen LogP contribution in [0.2, 0.25) is 0 Å². The molecule has 0 saturated carbocycles. The third-order valence-corrected chi connectivity index (χ3v) is 5.55. The maximum atomic E-state index is 13.1. The Kier molecular flexibility index (Phi) is 5.70.